The second-order valence-electron chi connectivity index (χ2n) is 5.23. The third-order valence-electron chi connectivity index (χ3n) is 3.44. The quantitative estimate of drug-likeness (QED) is 0.885. The number of rotatable bonds is 4. The van der Waals surface area contributed by atoms with Crippen LogP contribution in [-0.4, -0.2) is 23.4 Å². The summed E-state index contributed by atoms with van der Waals surface area (Å²) in [6.45, 7) is 7.10. The highest BCUT2D eigenvalue weighted by molar-refractivity contribution is 5.84. The Bertz CT molecular complexity index is 402. The zero-order chi connectivity index (χ0) is 13.1. The smallest absolute Gasteiger partial charge is 0.241 e. The van der Waals surface area contributed by atoms with E-state index in [-0.39, 0.29) is 18.1 Å². The highest BCUT2D eigenvalue weighted by Gasteiger charge is 2.40. The molecule has 0 saturated carbocycles. The lowest BCUT2D eigenvalue weighted by atomic mass is 10.1. The zero-order valence-electron chi connectivity index (χ0n) is 11.4. The summed E-state index contributed by atoms with van der Waals surface area (Å²) in [6, 6.07) is 10.2. The molecule has 0 aromatic heterocycles. The molecule has 1 aliphatic rings. The largest absolute Gasteiger partial charge is 0.322 e. The Morgan fingerprint density at radius 1 is 1.28 bits per heavy atom. The number of nitrogens with zero attached hydrogens (tertiary/aromatic N) is 1. The van der Waals surface area contributed by atoms with Crippen LogP contribution >= 0.6 is 0 Å². The van der Waals surface area contributed by atoms with Crippen molar-refractivity contribution in [1.82, 2.24) is 10.2 Å². The molecule has 3 heteroatoms. The van der Waals surface area contributed by atoms with Crippen molar-refractivity contribution in [2.24, 2.45) is 5.92 Å². The van der Waals surface area contributed by atoms with Gasteiger partial charge in [-0.05, 0) is 17.9 Å². The number of carbonyl (C=O) groups excluding carboxylic acids is 1. The molecule has 1 N–H and O–H groups in total. The molecule has 2 unspecified atom stereocenters. The van der Waals surface area contributed by atoms with Gasteiger partial charge in [0.2, 0.25) is 5.91 Å². The van der Waals surface area contributed by atoms with E-state index in [2.05, 4.69) is 38.2 Å². The normalized spacial score (nSPS) is 24.0. The number of hydrogen-bond donors (Lipinski definition) is 1. The topological polar surface area (TPSA) is 32.3 Å². The average molecular weight is 246 g/mol. The fourth-order valence-corrected chi connectivity index (χ4v) is 2.51. The first kappa shape index (κ1) is 13.1. The van der Waals surface area contributed by atoms with Gasteiger partial charge >= 0.3 is 0 Å². The first-order chi connectivity index (χ1) is 8.65. The molecule has 0 aliphatic carbocycles. The van der Waals surface area contributed by atoms with Crippen LogP contribution in [0.3, 0.4) is 0 Å². The first-order valence-electron chi connectivity index (χ1n) is 6.76. The van der Waals surface area contributed by atoms with Gasteiger partial charge in [-0.15, -0.1) is 0 Å². The summed E-state index contributed by atoms with van der Waals surface area (Å²) in [5.74, 6) is 0.561. The second kappa shape index (κ2) is 5.53. The van der Waals surface area contributed by atoms with Crippen LogP contribution in [0.4, 0.5) is 0 Å². The van der Waals surface area contributed by atoms with E-state index >= 15 is 0 Å². The summed E-state index contributed by atoms with van der Waals surface area (Å²) in [4.78, 5) is 14.4. The minimum absolute atomic E-state index is 0.0334. The third kappa shape index (κ3) is 2.41. The molecule has 2 atom stereocenters. The predicted molar refractivity (Wildman–Crippen MR) is 72.9 cm³/mol. The number of amides is 1. The molecule has 18 heavy (non-hydrogen) atoms. The van der Waals surface area contributed by atoms with Crippen LogP contribution < -0.4 is 5.32 Å². The lowest BCUT2D eigenvalue weighted by Gasteiger charge is -2.23. The summed E-state index contributed by atoms with van der Waals surface area (Å²) in [5.41, 5.74) is 1.17. The first-order valence-corrected chi connectivity index (χ1v) is 6.76. The fourth-order valence-electron chi connectivity index (χ4n) is 2.51. The van der Waals surface area contributed by atoms with Gasteiger partial charge in [0.15, 0.2) is 0 Å². The maximum atomic E-state index is 12.4. The van der Waals surface area contributed by atoms with Crippen LogP contribution in [0.25, 0.3) is 0 Å². The van der Waals surface area contributed by atoms with Crippen molar-refractivity contribution < 1.29 is 4.79 Å². The third-order valence-corrected chi connectivity index (χ3v) is 3.44. The molecule has 0 spiro atoms. The number of carbonyl (C=O) groups is 1. The highest BCUT2D eigenvalue weighted by Crippen LogP contribution is 2.27. The highest BCUT2D eigenvalue weighted by atomic mass is 16.2. The van der Waals surface area contributed by atoms with E-state index in [0.29, 0.717) is 5.92 Å². The molecule has 1 heterocycles. The Balaban J connectivity index is 2.26. The van der Waals surface area contributed by atoms with Crippen molar-refractivity contribution in [3.8, 4) is 0 Å². The number of benzene rings is 1. The second-order valence-corrected chi connectivity index (χ2v) is 5.23. The zero-order valence-corrected chi connectivity index (χ0v) is 11.4. The van der Waals surface area contributed by atoms with E-state index in [4.69, 9.17) is 0 Å². The molecule has 2 rings (SSSR count). The molecule has 0 bridgehead atoms. The minimum Gasteiger partial charge on any atom is -0.322 e. The van der Waals surface area contributed by atoms with Crippen molar-refractivity contribution in [3.63, 3.8) is 0 Å². The molecule has 0 radical (unpaired) electrons. The van der Waals surface area contributed by atoms with Crippen LogP contribution in [0, 0.1) is 5.92 Å². The van der Waals surface area contributed by atoms with E-state index in [1.165, 1.54) is 5.56 Å². The van der Waals surface area contributed by atoms with Gasteiger partial charge in [0.1, 0.15) is 6.17 Å². The van der Waals surface area contributed by atoms with Gasteiger partial charge in [-0.25, -0.2) is 0 Å². The van der Waals surface area contributed by atoms with Crippen LogP contribution in [0.5, 0.6) is 0 Å². The van der Waals surface area contributed by atoms with Crippen molar-refractivity contribution in [2.45, 2.75) is 39.4 Å². The summed E-state index contributed by atoms with van der Waals surface area (Å²) < 4.78 is 0. The molecule has 1 amide bonds. The van der Waals surface area contributed by atoms with E-state index in [1.807, 2.05) is 23.1 Å². The Labute approximate surface area is 109 Å². The van der Waals surface area contributed by atoms with Crippen LogP contribution in [0.2, 0.25) is 0 Å². The van der Waals surface area contributed by atoms with Gasteiger partial charge in [0.05, 0.1) is 6.04 Å². The standard InChI is InChI=1S/C15H22N2O/c1-4-10-17-14(12-8-6-5-7-9-12)16-13(11(2)3)15(17)18/h5-9,11,13-14,16H,4,10H2,1-3H3. The van der Waals surface area contributed by atoms with Crippen LogP contribution in [-0.2, 0) is 4.79 Å². The summed E-state index contributed by atoms with van der Waals surface area (Å²) in [6.07, 6.45) is 1.02. The van der Waals surface area contributed by atoms with Crippen LogP contribution in [0.1, 0.15) is 38.9 Å². The Morgan fingerprint density at radius 3 is 2.50 bits per heavy atom. The van der Waals surface area contributed by atoms with Crippen molar-refractivity contribution >= 4 is 5.91 Å². The minimum atomic E-state index is -0.0539. The molecule has 1 aromatic rings. The molecule has 1 aromatic carbocycles. The SMILES string of the molecule is CCCN1C(=O)C(C(C)C)NC1c1ccccc1. The monoisotopic (exact) mass is 246 g/mol. The summed E-state index contributed by atoms with van der Waals surface area (Å²) >= 11 is 0. The Morgan fingerprint density at radius 2 is 1.94 bits per heavy atom. The van der Waals surface area contributed by atoms with Gasteiger partial charge in [0.25, 0.3) is 0 Å². The number of nitrogens with one attached hydrogen (secondary N) is 1. The van der Waals surface area contributed by atoms with Crippen LogP contribution in [0.15, 0.2) is 30.3 Å². The molecule has 98 valence electrons. The molecular weight excluding hydrogens is 224 g/mol. The molecule has 1 fully saturated rings. The lowest BCUT2D eigenvalue weighted by molar-refractivity contribution is -0.130. The summed E-state index contributed by atoms with van der Waals surface area (Å²) in [7, 11) is 0. The molecule has 1 saturated heterocycles. The van der Waals surface area contributed by atoms with Gasteiger partial charge in [-0.1, -0.05) is 51.1 Å². The van der Waals surface area contributed by atoms with E-state index in [9.17, 15) is 4.79 Å². The molecule has 1 aliphatic heterocycles. The van der Waals surface area contributed by atoms with Gasteiger partial charge in [-0.3, -0.25) is 10.1 Å². The van der Waals surface area contributed by atoms with E-state index < -0.39 is 0 Å². The van der Waals surface area contributed by atoms with Crippen molar-refractivity contribution in [3.05, 3.63) is 35.9 Å². The van der Waals surface area contributed by atoms with Crippen molar-refractivity contribution in [2.75, 3.05) is 6.54 Å². The summed E-state index contributed by atoms with van der Waals surface area (Å²) in [5, 5.41) is 3.47. The van der Waals surface area contributed by atoms with Gasteiger partial charge in [0, 0.05) is 6.54 Å². The Hall–Kier alpha value is -1.35. The molecule has 3 nitrogen and oxygen atoms in total. The van der Waals surface area contributed by atoms with E-state index in [0.717, 1.165) is 13.0 Å². The average Bonchev–Trinajstić information content (AvgIpc) is 2.69. The maximum absolute atomic E-state index is 12.4. The molecular formula is C15H22N2O. The maximum Gasteiger partial charge on any atom is 0.241 e. The Kier molecular flexibility index (Phi) is 4.02. The van der Waals surface area contributed by atoms with Crippen molar-refractivity contribution in [1.29, 1.82) is 0 Å². The lowest BCUT2D eigenvalue weighted by Crippen LogP contribution is -2.34. The van der Waals surface area contributed by atoms with Gasteiger partial charge < -0.3 is 4.90 Å². The fraction of sp³-hybridized carbons (Fsp3) is 0.533. The predicted octanol–water partition coefficient (Wildman–Crippen LogP) is 2.55. The van der Waals surface area contributed by atoms with Gasteiger partial charge in [-0.2, -0.15) is 0 Å². The number of hydrogen-bond acceptors (Lipinski definition) is 2. The van der Waals surface area contributed by atoms with E-state index in [1.54, 1.807) is 0 Å².